The van der Waals surface area contributed by atoms with E-state index >= 15 is 0 Å². The second-order valence-corrected chi connectivity index (χ2v) is 6.02. The van der Waals surface area contributed by atoms with Gasteiger partial charge >= 0.3 is 0 Å². The summed E-state index contributed by atoms with van der Waals surface area (Å²) in [6, 6.07) is 0. The summed E-state index contributed by atoms with van der Waals surface area (Å²) >= 11 is 2.11. The fourth-order valence-corrected chi connectivity index (χ4v) is 3.31. The van der Waals surface area contributed by atoms with Crippen molar-refractivity contribution in [1.82, 2.24) is 5.32 Å². The zero-order chi connectivity index (χ0) is 11.1. The lowest BCUT2D eigenvalue weighted by Crippen LogP contribution is -2.26. The molecular formula is C12H23NO2S. The average molecular weight is 245 g/mol. The highest BCUT2D eigenvalue weighted by molar-refractivity contribution is 7.99. The molecule has 2 fully saturated rings. The summed E-state index contributed by atoms with van der Waals surface area (Å²) in [5.41, 5.74) is 0. The molecule has 0 bridgehead atoms. The monoisotopic (exact) mass is 245 g/mol. The van der Waals surface area contributed by atoms with Gasteiger partial charge in [-0.25, -0.2) is 0 Å². The van der Waals surface area contributed by atoms with Crippen molar-refractivity contribution >= 4 is 11.8 Å². The average Bonchev–Trinajstić information content (AvgIpc) is 2.83. The maximum Gasteiger partial charge on any atom is 0.0507 e. The summed E-state index contributed by atoms with van der Waals surface area (Å²) in [6.07, 6.45) is 3.71. The van der Waals surface area contributed by atoms with Gasteiger partial charge in [0.1, 0.15) is 0 Å². The molecule has 16 heavy (non-hydrogen) atoms. The van der Waals surface area contributed by atoms with Crippen LogP contribution in [0.1, 0.15) is 19.3 Å². The summed E-state index contributed by atoms with van der Waals surface area (Å²) in [6.45, 7) is 6.12. The fourth-order valence-electron chi connectivity index (χ4n) is 2.19. The van der Waals surface area contributed by atoms with Crippen molar-refractivity contribution in [1.29, 1.82) is 0 Å². The van der Waals surface area contributed by atoms with Crippen LogP contribution in [0.2, 0.25) is 0 Å². The van der Waals surface area contributed by atoms with Gasteiger partial charge < -0.3 is 14.8 Å². The summed E-state index contributed by atoms with van der Waals surface area (Å²) in [5.74, 6) is 1.99. The minimum Gasteiger partial charge on any atom is -0.381 e. The molecule has 0 aromatic carbocycles. The minimum absolute atomic E-state index is 0.757. The van der Waals surface area contributed by atoms with E-state index in [1.165, 1.54) is 25.0 Å². The molecule has 0 spiro atoms. The normalized spacial score (nSPS) is 27.4. The van der Waals surface area contributed by atoms with Crippen molar-refractivity contribution in [2.75, 3.05) is 45.3 Å². The van der Waals surface area contributed by atoms with E-state index in [2.05, 4.69) is 17.1 Å². The SMILES string of the molecule is C(CSC1CCOCC1)NCC1CCOC1. The summed E-state index contributed by atoms with van der Waals surface area (Å²) < 4.78 is 10.7. The van der Waals surface area contributed by atoms with Crippen molar-refractivity contribution < 1.29 is 9.47 Å². The van der Waals surface area contributed by atoms with Crippen molar-refractivity contribution in [2.45, 2.75) is 24.5 Å². The largest absolute Gasteiger partial charge is 0.381 e. The van der Waals surface area contributed by atoms with Gasteiger partial charge in [0, 0.05) is 43.9 Å². The molecule has 1 N–H and O–H groups in total. The van der Waals surface area contributed by atoms with Gasteiger partial charge in [-0.15, -0.1) is 0 Å². The van der Waals surface area contributed by atoms with Gasteiger partial charge in [0.2, 0.25) is 0 Å². The molecule has 2 heterocycles. The first-order valence-electron chi connectivity index (χ1n) is 6.43. The molecule has 2 saturated heterocycles. The molecule has 0 saturated carbocycles. The Bertz CT molecular complexity index is 180. The lowest BCUT2D eigenvalue weighted by molar-refractivity contribution is 0.100. The van der Waals surface area contributed by atoms with Gasteiger partial charge in [-0.3, -0.25) is 0 Å². The highest BCUT2D eigenvalue weighted by Crippen LogP contribution is 2.21. The van der Waals surface area contributed by atoms with Crippen LogP contribution in [0.4, 0.5) is 0 Å². The van der Waals surface area contributed by atoms with Crippen LogP contribution in [0.3, 0.4) is 0 Å². The molecule has 0 aliphatic carbocycles. The number of ether oxygens (including phenoxy) is 2. The Morgan fingerprint density at radius 2 is 1.88 bits per heavy atom. The van der Waals surface area contributed by atoms with E-state index in [1.54, 1.807) is 0 Å². The highest BCUT2D eigenvalue weighted by Gasteiger charge is 2.15. The first-order chi connectivity index (χ1) is 7.95. The minimum atomic E-state index is 0.757. The van der Waals surface area contributed by atoms with E-state index in [4.69, 9.17) is 9.47 Å². The topological polar surface area (TPSA) is 30.5 Å². The van der Waals surface area contributed by atoms with Crippen LogP contribution in [-0.4, -0.2) is 50.5 Å². The third-order valence-corrected chi connectivity index (χ3v) is 4.64. The number of hydrogen-bond acceptors (Lipinski definition) is 4. The molecule has 0 amide bonds. The lowest BCUT2D eigenvalue weighted by Gasteiger charge is -2.21. The van der Waals surface area contributed by atoms with E-state index in [-0.39, 0.29) is 0 Å². The second kappa shape index (κ2) is 7.54. The van der Waals surface area contributed by atoms with Gasteiger partial charge in [0.05, 0.1) is 6.61 Å². The summed E-state index contributed by atoms with van der Waals surface area (Å²) in [7, 11) is 0. The molecule has 0 aromatic heterocycles. The van der Waals surface area contributed by atoms with Crippen LogP contribution >= 0.6 is 11.8 Å². The zero-order valence-corrected chi connectivity index (χ0v) is 10.8. The van der Waals surface area contributed by atoms with Gasteiger partial charge in [0.25, 0.3) is 0 Å². The maximum atomic E-state index is 5.35. The molecule has 1 atom stereocenters. The van der Waals surface area contributed by atoms with E-state index < -0.39 is 0 Å². The van der Waals surface area contributed by atoms with E-state index in [0.717, 1.165) is 50.7 Å². The molecule has 0 aromatic rings. The van der Waals surface area contributed by atoms with Crippen LogP contribution < -0.4 is 5.32 Å². The smallest absolute Gasteiger partial charge is 0.0507 e. The summed E-state index contributed by atoms with van der Waals surface area (Å²) in [4.78, 5) is 0. The second-order valence-electron chi connectivity index (χ2n) is 4.62. The molecule has 2 aliphatic heterocycles. The van der Waals surface area contributed by atoms with Crippen molar-refractivity contribution in [3.8, 4) is 0 Å². The highest BCUT2D eigenvalue weighted by atomic mass is 32.2. The van der Waals surface area contributed by atoms with Gasteiger partial charge in [-0.1, -0.05) is 0 Å². The van der Waals surface area contributed by atoms with E-state index in [1.807, 2.05) is 0 Å². The Morgan fingerprint density at radius 3 is 2.62 bits per heavy atom. The van der Waals surface area contributed by atoms with Crippen LogP contribution in [0.25, 0.3) is 0 Å². The number of nitrogens with one attached hydrogen (secondary N) is 1. The Balaban J connectivity index is 1.42. The summed E-state index contributed by atoms with van der Waals surface area (Å²) in [5, 5.41) is 4.37. The van der Waals surface area contributed by atoms with Crippen molar-refractivity contribution in [2.24, 2.45) is 5.92 Å². The first-order valence-corrected chi connectivity index (χ1v) is 7.48. The number of thioether (sulfide) groups is 1. The molecule has 94 valence electrons. The molecule has 0 radical (unpaired) electrons. The van der Waals surface area contributed by atoms with Gasteiger partial charge in [-0.05, 0) is 25.2 Å². The quantitative estimate of drug-likeness (QED) is 0.719. The van der Waals surface area contributed by atoms with Gasteiger partial charge in [0.15, 0.2) is 0 Å². The molecule has 3 nitrogen and oxygen atoms in total. The van der Waals surface area contributed by atoms with E-state index in [0.29, 0.717) is 0 Å². The molecule has 2 rings (SSSR count). The lowest BCUT2D eigenvalue weighted by atomic mass is 10.1. The Hall–Kier alpha value is 0.230. The number of hydrogen-bond donors (Lipinski definition) is 1. The van der Waals surface area contributed by atoms with Crippen LogP contribution in [0.15, 0.2) is 0 Å². The number of rotatable bonds is 6. The first kappa shape index (κ1) is 12.7. The fraction of sp³-hybridized carbons (Fsp3) is 1.00. The molecule has 4 heteroatoms. The van der Waals surface area contributed by atoms with Crippen LogP contribution in [0.5, 0.6) is 0 Å². The maximum absolute atomic E-state index is 5.35. The molecule has 1 unspecified atom stereocenters. The Kier molecular flexibility index (Phi) is 5.97. The third-order valence-electron chi connectivity index (χ3n) is 3.26. The van der Waals surface area contributed by atoms with Crippen LogP contribution in [0, 0.1) is 5.92 Å². The van der Waals surface area contributed by atoms with Gasteiger partial charge in [-0.2, -0.15) is 11.8 Å². The van der Waals surface area contributed by atoms with Crippen LogP contribution in [-0.2, 0) is 9.47 Å². The Morgan fingerprint density at radius 1 is 1.06 bits per heavy atom. The molecular weight excluding hydrogens is 222 g/mol. The van der Waals surface area contributed by atoms with Crippen molar-refractivity contribution in [3.63, 3.8) is 0 Å². The Labute approximate surface area is 103 Å². The van der Waals surface area contributed by atoms with Crippen molar-refractivity contribution in [3.05, 3.63) is 0 Å². The predicted octanol–water partition coefficient (Wildman–Crippen LogP) is 1.52. The standard InChI is InChI=1S/C12H23NO2S/c1-5-15-10-11(1)9-13-4-8-16-12-2-6-14-7-3-12/h11-13H,1-10H2. The predicted molar refractivity (Wildman–Crippen MR) is 68.1 cm³/mol. The molecule has 2 aliphatic rings. The van der Waals surface area contributed by atoms with E-state index in [9.17, 15) is 0 Å². The third kappa shape index (κ3) is 4.62. The zero-order valence-electron chi connectivity index (χ0n) is 9.95.